The largest absolute Gasteiger partial charge is 0.261 e. The van der Waals surface area contributed by atoms with Crippen LogP contribution in [-0.4, -0.2) is 4.98 Å². The molecule has 13 heavy (non-hydrogen) atoms. The Kier molecular flexibility index (Phi) is 1.76. The van der Waals surface area contributed by atoms with Crippen LogP contribution in [0.5, 0.6) is 0 Å². The molecule has 0 fully saturated rings. The molecule has 1 aliphatic rings. The normalized spacial score (nSPS) is 19.7. The first kappa shape index (κ1) is 8.49. The number of rotatable bonds is 0. The molecule has 0 aliphatic heterocycles. The maximum Gasteiger partial charge on any atom is 0.0476 e. The van der Waals surface area contributed by atoms with Crippen LogP contribution in [0.1, 0.15) is 25.1 Å². The summed E-state index contributed by atoms with van der Waals surface area (Å²) in [5.41, 5.74) is 4.15. The number of fused-ring (bicyclic) bond motifs is 1. The van der Waals surface area contributed by atoms with E-state index in [1.54, 1.807) is 0 Å². The van der Waals surface area contributed by atoms with Gasteiger partial charge in [-0.05, 0) is 23.5 Å². The SMILES string of the molecule is C=C1Cc2ncccc2CC1(C)C. The van der Waals surface area contributed by atoms with Gasteiger partial charge in [0.05, 0.1) is 0 Å². The average molecular weight is 173 g/mol. The Morgan fingerprint density at radius 2 is 2.23 bits per heavy atom. The molecule has 0 radical (unpaired) electrons. The summed E-state index contributed by atoms with van der Waals surface area (Å²) in [4.78, 5) is 4.37. The van der Waals surface area contributed by atoms with Crippen LogP contribution in [0.2, 0.25) is 0 Å². The third-order valence-electron chi connectivity index (χ3n) is 2.95. The fourth-order valence-corrected chi connectivity index (χ4v) is 1.83. The summed E-state index contributed by atoms with van der Waals surface area (Å²) in [6.07, 6.45) is 3.89. The van der Waals surface area contributed by atoms with Crippen LogP contribution in [0.25, 0.3) is 0 Å². The molecule has 0 atom stereocenters. The number of aromatic nitrogens is 1. The Hall–Kier alpha value is -1.11. The third kappa shape index (κ3) is 1.39. The minimum Gasteiger partial charge on any atom is -0.261 e. The Morgan fingerprint density at radius 1 is 1.46 bits per heavy atom. The molecule has 2 rings (SSSR count). The molecule has 0 spiro atoms. The summed E-state index contributed by atoms with van der Waals surface area (Å²) >= 11 is 0. The van der Waals surface area contributed by atoms with E-state index in [0.29, 0.717) is 0 Å². The quantitative estimate of drug-likeness (QED) is 0.550. The summed E-state index contributed by atoms with van der Waals surface area (Å²) < 4.78 is 0. The number of hydrogen-bond donors (Lipinski definition) is 0. The molecule has 1 heteroatoms. The lowest BCUT2D eigenvalue weighted by Crippen LogP contribution is -2.25. The molecule has 0 saturated carbocycles. The fourth-order valence-electron chi connectivity index (χ4n) is 1.83. The first-order chi connectivity index (χ1) is 6.09. The Bertz CT molecular complexity index is 350. The van der Waals surface area contributed by atoms with Crippen molar-refractivity contribution in [3.05, 3.63) is 41.7 Å². The monoisotopic (exact) mass is 173 g/mol. The second kappa shape index (κ2) is 2.69. The lowest BCUT2D eigenvalue weighted by molar-refractivity contribution is 0.415. The van der Waals surface area contributed by atoms with Gasteiger partial charge in [-0.1, -0.05) is 32.1 Å². The highest BCUT2D eigenvalue weighted by atomic mass is 14.7. The Morgan fingerprint density at radius 3 is 3.00 bits per heavy atom. The standard InChI is InChI=1S/C12H15N/c1-9-7-11-10(5-4-6-13-11)8-12(9,2)3/h4-6H,1,7-8H2,2-3H3. The summed E-state index contributed by atoms with van der Waals surface area (Å²) in [5, 5.41) is 0. The molecule has 1 aromatic heterocycles. The van der Waals surface area contributed by atoms with Crippen LogP contribution in [0.3, 0.4) is 0 Å². The highest BCUT2D eigenvalue weighted by Gasteiger charge is 2.28. The molecule has 0 amide bonds. The van der Waals surface area contributed by atoms with E-state index < -0.39 is 0 Å². The van der Waals surface area contributed by atoms with Crippen LogP contribution in [0, 0.1) is 5.41 Å². The molecule has 0 aromatic carbocycles. The van der Waals surface area contributed by atoms with Crippen LogP contribution in [-0.2, 0) is 12.8 Å². The molecule has 1 aromatic rings. The number of hydrogen-bond acceptors (Lipinski definition) is 1. The number of allylic oxidation sites excluding steroid dienone is 1. The topological polar surface area (TPSA) is 12.9 Å². The van der Waals surface area contributed by atoms with Crippen molar-refractivity contribution >= 4 is 0 Å². The predicted octanol–water partition coefficient (Wildman–Crippen LogP) is 2.76. The van der Waals surface area contributed by atoms with Crippen molar-refractivity contribution in [3.8, 4) is 0 Å². The summed E-state index contributed by atoms with van der Waals surface area (Å²) in [5.74, 6) is 0. The van der Waals surface area contributed by atoms with Gasteiger partial charge in [-0.15, -0.1) is 0 Å². The van der Waals surface area contributed by atoms with Crippen molar-refractivity contribution in [1.29, 1.82) is 0 Å². The van der Waals surface area contributed by atoms with Crippen LogP contribution < -0.4 is 0 Å². The van der Waals surface area contributed by atoms with Crippen LogP contribution >= 0.6 is 0 Å². The van der Waals surface area contributed by atoms with Gasteiger partial charge in [-0.2, -0.15) is 0 Å². The van der Waals surface area contributed by atoms with Crippen molar-refractivity contribution in [2.75, 3.05) is 0 Å². The van der Waals surface area contributed by atoms with Gasteiger partial charge in [0.2, 0.25) is 0 Å². The first-order valence-corrected chi connectivity index (χ1v) is 4.70. The average Bonchev–Trinajstić information content (AvgIpc) is 2.06. The summed E-state index contributed by atoms with van der Waals surface area (Å²) in [7, 11) is 0. The molecule has 0 saturated heterocycles. The van der Waals surface area contributed by atoms with E-state index in [2.05, 4.69) is 31.5 Å². The minimum atomic E-state index is 0.246. The molecule has 1 aliphatic carbocycles. The Balaban J connectivity index is 2.44. The molecule has 1 nitrogen and oxygen atoms in total. The van der Waals surface area contributed by atoms with Gasteiger partial charge in [0.1, 0.15) is 0 Å². The smallest absolute Gasteiger partial charge is 0.0476 e. The van der Waals surface area contributed by atoms with E-state index in [-0.39, 0.29) is 5.41 Å². The summed E-state index contributed by atoms with van der Waals surface area (Å²) in [6, 6.07) is 4.19. The van der Waals surface area contributed by atoms with Crippen molar-refractivity contribution in [1.82, 2.24) is 4.98 Å². The van der Waals surface area contributed by atoms with Gasteiger partial charge in [0, 0.05) is 18.3 Å². The molecule has 68 valence electrons. The van der Waals surface area contributed by atoms with Gasteiger partial charge in [-0.3, -0.25) is 4.98 Å². The maximum atomic E-state index is 4.37. The zero-order valence-corrected chi connectivity index (χ0v) is 8.30. The fraction of sp³-hybridized carbons (Fsp3) is 0.417. The molecular formula is C12H15N. The number of pyridine rings is 1. The van der Waals surface area contributed by atoms with E-state index in [9.17, 15) is 0 Å². The lowest BCUT2D eigenvalue weighted by Gasteiger charge is -2.33. The van der Waals surface area contributed by atoms with Gasteiger partial charge < -0.3 is 0 Å². The van der Waals surface area contributed by atoms with Crippen molar-refractivity contribution in [2.45, 2.75) is 26.7 Å². The van der Waals surface area contributed by atoms with Gasteiger partial charge in [-0.25, -0.2) is 0 Å². The molecular weight excluding hydrogens is 158 g/mol. The van der Waals surface area contributed by atoms with E-state index >= 15 is 0 Å². The molecule has 0 unspecified atom stereocenters. The van der Waals surface area contributed by atoms with Crippen LogP contribution in [0.4, 0.5) is 0 Å². The molecule has 0 N–H and O–H groups in total. The second-order valence-corrected chi connectivity index (χ2v) is 4.45. The minimum absolute atomic E-state index is 0.246. The van der Waals surface area contributed by atoms with Gasteiger partial charge in [0.15, 0.2) is 0 Å². The maximum absolute atomic E-state index is 4.37. The van der Waals surface area contributed by atoms with E-state index in [1.165, 1.54) is 16.8 Å². The van der Waals surface area contributed by atoms with Crippen LogP contribution in [0.15, 0.2) is 30.5 Å². The van der Waals surface area contributed by atoms with E-state index in [0.717, 1.165) is 12.8 Å². The van der Waals surface area contributed by atoms with Crippen molar-refractivity contribution < 1.29 is 0 Å². The zero-order chi connectivity index (χ0) is 9.47. The Labute approximate surface area is 79.5 Å². The summed E-state index contributed by atoms with van der Waals surface area (Å²) in [6.45, 7) is 8.64. The van der Waals surface area contributed by atoms with Gasteiger partial charge in [0.25, 0.3) is 0 Å². The second-order valence-electron chi connectivity index (χ2n) is 4.45. The van der Waals surface area contributed by atoms with Crippen molar-refractivity contribution in [2.24, 2.45) is 5.41 Å². The predicted molar refractivity (Wildman–Crippen MR) is 54.6 cm³/mol. The third-order valence-corrected chi connectivity index (χ3v) is 2.95. The first-order valence-electron chi connectivity index (χ1n) is 4.70. The zero-order valence-electron chi connectivity index (χ0n) is 8.30. The number of nitrogens with zero attached hydrogens (tertiary/aromatic N) is 1. The molecule has 1 heterocycles. The highest BCUT2D eigenvalue weighted by molar-refractivity contribution is 5.33. The van der Waals surface area contributed by atoms with E-state index in [4.69, 9.17) is 0 Å². The lowest BCUT2D eigenvalue weighted by atomic mass is 9.73. The van der Waals surface area contributed by atoms with Crippen molar-refractivity contribution in [3.63, 3.8) is 0 Å². The highest BCUT2D eigenvalue weighted by Crippen LogP contribution is 2.36. The molecule has 0 bridgehead atoms. The van der Waals surface area contributed by atoms with Gasteiger partial charge >= 0.3 is 0 Å². The van der Waals surface area contributed by atoms with E-state index in [1.807, 2.05) is 12.3 Å².